The van der Waals surface area contributed by atoms with Crippen molar-refractivity contribution in [3.05, 3.63) is 58.9 Å². The van der Waals surface area contributed by atoms with Crippen molar-refractivity contribution in [2.45, 2.75) is 13.3 Å². The van der Waals surface area contributed by atoms with Crippen molar-refractivity contribution in [3.8, 4) is 5.75 Å². The third kappa shape index (κ3) is 2.27. The summed E-state index contributed by atoms with van der Waals surface area (Å²) >= 11 is 0. The third-order valence-corrected chi connectivity index (χ3v) is 3.63. The number of rotatable bonds is 3. The molecule has 5 heteroatoms. The van der Waals surface area contributed by atoms with Crippen molar-refractivity contribution in [2.75, 3.05) is 6.54 Å². The van der Waals surface area contributed by atoms with Crippen LogP contribution in [0.25, 0.3) is 0 Å². The van der Waals surface area contributed by atoms with Crippen LogP contribution in [0.4, 0.5) is 0 Å². The average molecular weight is 282 g/mol. The maximum Gasteiger partial charge on any atom is 0.280 e. The molecule has 0 atom stereocenters. The first-order valence-electron chi connectivity index (χ1n) is 6.67. The second-order valence-electron chi connectivity index (χ2n) is 5.03. The number of pyridine rings is 1. The number of nitrogens with zero attached hydrogens (tertiary/aromatic N) is 2. The van der Waals surface area contributed by atoms with Gasteiger partial charge in [-0.05, 0) is 42.7 Å². The van der Waals surface area contributed by atoms with Crippen molar-refractivity contribution >= 4 is 11.8 Å². The van der Waals surface area contributed by atoms with Gasteiger partial charge in [0, 0.05) is 12.7 Å². The highest BCUT2D eigenvalue weighted by atomic mass is 16.3. The van der Waals surface area contributed by atoms with Crippen LogP contribution in [0.2, 0.25) is 0 Å². The third-order valence-electron chi connectivity index (χ3n) is 3.63. The van der Waals surface area contributed by atoms with Crippen molar-refractivity contribution in [1.82, 2.24) is 9.88 Å². The van der Waals surface area contributed by atoms with E-state index in [0.717, 1.165) is 11.1 Å². The zero-order valence-electron chi connectivity index (χ0n) is 11.5. The standard InChI is InChI=1S/C16H14N2O3/c1-10-4-5-11(9-13(10)19)6-8-18-15(20)12-3-2-7-17-14(12)16(18)21/h2-5,7,9,19H,6,8H2,1H3. The van der Waals surface area contributed by atoms with Gasteiger partial charge in [-0.1, -0.05) is 12.1 Å². The van der Waals surface area contributed by atoms with E-state index >= 15 is 0 Å². The van der Waals surface area contributed by atoms with Crippen LogP contribution in [-0.4, -0.2) is 33.3 Å². The number of carbonyl (C=O) groups is 2. The number of amides is 2. The van der Waals surface area contributed by atoms with Gasteiger partial charge in [0.15, 0.2) is 0 Å². The first kappa shape index (κ1) is 13.3. The van der Waals surface area contributed by atoms with E-state index in [1.807, 2.05) is 19.1 Å². The van der Waals surface area contributed by atoms with E-state index in [4.69, 9.17) is 0 Å². The number of benzene rings is 1. The molecule has 0 saturated carbocycles. The molecule has 0 bridgehead atoms. The molecule has 2 heterocycles. The van der Waals surface area contributed by atoms with Crippen molar-refractivity contribution in [1.29, 1.82) is 0 Å². The van der Waals surface area contributed by atoms with E-state index in [0.29, 0.717) is 12.0 Å². The molecule has 2 aromatic rings. The van der Waals surface area contributed by atoms with Crippen LogP contribution < -0.4 is 0 Å². The summed E-state index contributed by atoms with van der Waals surface area (Å²) in [5, 5.41) is 9.68. The Morgan fingerprint density at radius 1 is 1.19 bits per heavy atom. The van der Waals surface area contributed by atoms with Crippen LogP contribution in [0, 0.1) is 6.92 Å². The largest absolute Gasteiger partial charge is 0.508 e. The molecule has 3 rings (SSSR count). The molecule has 106 valence electrons. The number of aryl methyl sites for hydroxylation is 1. The molecule has 5 nitrogen and oxygen atoms in total. The Bertz CT molecular complexity index is 705. The molecule has 1 aromatic heterocycles. The summed E-state index contributed by atoms with van der Waals surface area (Å²) in [5.41, 5.74) is 2.25. The Morgan fingerprint density at radius 2 is 2.00 bits per heavy atom. The number of imide groups is 1. The van der Waals surface area contributed by atoms with Gasteiger partial charge in [0.2, 0.25) is 0 Å². The molecule has 0 fully saturated rings. The molecule has 1 aliphatic rings. The lowest BCUT2D eigenvalue weighted by Gasteiger charge is -2.13. The topological polar surface area (TPSA) is 70.5 Å². The summed E-state index contributed by atoms with van der Waals surface area (Å²) in [7, 11) is 0. The molecule has 0 saturated heterocycles. The first-order chi connectivity index (χ1) is 10.1. The summed E-state index contributed by atoms with van der Waals surface area (Å²) in [6, 6.07) is 8.61. The Labute approximate surface area is 121 Å². The number of carbonyl (C=O) groups excluding carboxylic acids is 2. The second-order valence-corrected chi connectivity index (χ2v) is 5.03. The Kier molecular flexibility index (Phi) is 3.17. The number of hydrogen-bond acceptors (Lipinski definition) is 4. The SMILES string of the molecule is Cc1ccc(CCN2C(=O)c3cccnc3C2=O)cc1O. The fourth-order valence-electron chi connectivity index (χ4n) is 2.37. The fourth-order valence-corrected chi connectivity index (χ4v) is 2.37. The lowest BCUT2D eigenvalue weighted by molar-refractivity contribution is 0.0654. The van der Waals surface area contributed by atoms with Crippen LogP contribution >= 0.6 is 0 Å². The van der Waals surface area contributed by atoms with Crippen LogP contribution in [0.1, 0.15) is 32.0 Å². The number of aromatic nitrogens is 1. The summed E-state index contributed by atoms with van der Waals surface area (Å²) in [6.45, 7) is 2.09. The van der Waals surface area contributed by atoms with Gasteiger partial charge in [-0.2, -0.15) is 0 Å². The molecular formula is C16H14N2O3. The molecule has 1 aromatic carbocycles. The zero-order chi connectivity index (χ0) is 15.0. The highest BCUT2D eigenvalue weighted by molar-refractivity contribution is 6.20. The van der Waals surface area contributed by atoms with Crippen molar-refractivity contribution in [3.63, 3.8) is 0 Å². The van der Waals surface area contributed by atoms with Gasteiger partial charge in [-0.15, -0.1) is 0 Å². The van der Waals surface area contributed by atoms with Crippen LogP contribution in [0.15, 0.2) is 36.5 Å². The highest BCUT2D eigenvalue weighted by Crippen LogP contribution is 2.22. The van der Waals surface area contributed by atoms with Gasteiger partial charge in [0.25, 0.3) is 11.8 Å². The molecule has 1 aliphatic heterocycles. The van der Waals surface area contributed by atoms with Crippen molar-refractivity contribution in [2.24, 2.45) is 0 Å². The van der Waals surface area contributed by atoms with Crippen LogP contribution in [-0.2, 0) is 6.42 Å². The van der Waals surface area contributed by atoms with Gasteiger partial charge >= 0.3 is 0 Å². The molecule has 2 amide bonds. The van der Waals surface area contributed by atoms with E-state index in [-0.39, 0.29) is 29.8 Å². The Morgan fingerprint density at radius 3 is 2.71 bits per heavy atom. The van der Waals surface area contributed by atoms with E-state index in [9.17, 15) is 14.7 Å². The maximum atomic E-state index is 12.2. The Balaban J connectivity index is 1.76. The number of phenolic OH excluding ortho intramolecular Hbond substituents is 1. The molecular weight excluding hydrogens is 268 g/mol. The van der Waals surface area contributed by atoms with Crippen LogP contribution in [0.5, 0.6) is 5.75 Å². The number of phenols is 1. The predicted octanol–water partition coefficient (Wildman–Crippen LogP) is 1.93. The van der Waals surface area contributed by atoms with Gasteiger partial charge in [0.1, 0.15) is 11.4 Å². The maximum absolute atomic E-state index is 12.2. The monoisotopic (exact) mass is 282 g/mol. The minimum absolute atomic E-state index is 0.217. The lowest BCUT2D eigenvalue weighted by atomic mass is 10.1. The van der Waals surface area contributed by atoms with Gasteiger partial charge in [-0.3, -0.25) is 19.5 Å². The summed E-state index contributed by atoms with van der Waals surface area (Å²) < 4.78 is 0. The lowest BCUT2D eigenvalue weighted by Crippen LogP contribution is -2.31. The molecule has 0 aliphatic carbocycles. The Hall–Kier alpha value is -2.69. The molecule has 21 heavy (non-hydrogen) atoms. The van der Waals surface area contributed by atoms with E-state index < -0.39 is 0 Å². The summed E-state index contributed by atoms with van der Waals surface area (Å²) in [4.78, 5) is 29.5. The number of hydrogen-bond donors (Lipinski definition) is 1. The quantitative estimate of drug-likeness (QED) is 0.873. The van der Waals surface area contributed by atoms with E-state index in [2.05, 4.69) is 4.98 Å². The van der Waals surface area contributed by atoms with E-state index in [1.54, 1.807) is 18.2 Å². The predicted molar refractivity (Wildman–Crippen MR) is 76.2 cm³/mol. The highest BCUT2D eigenvalue weighted by Gasteiger charge is 2.36. The average Bonchev–Trinajstić information content (AvgIpc) is 2.73. The number of aromatic hydroxyl groups is 1. The van der Waals surface area contributed by atoms with Gasteiger partial charge < -0.3 is 5.11 Å². The fraction of sp³-hybridized carbons (Fsp3) is 0.188. The summed E-state index contributed by atoms with van der Waals surface area (Å²) in [5.74, 6) is -0.442. The van der Waals surface area contributed by atoms with Crippen molar-refractivity contribution < 1.29 is 14.7 Å². The molecule has 0 radical (unpaired) electrons. The minimum Gasteiger partial charge on any atom is -0.508 e. The van der Waals surface area contributed by atoms with Crippen LogP contribution in [0.3, 0.4) is 0 Å². The first-order valence-corrected chi connectivity index (χ1v) is 6.67. The van der Waals surface area contributed by atoms with Gasteiger partial charge in [-0.25, -0.2) is 0 Å². The molecule has 0 unspecified atom stereocenters. The minimum atomic E-state index is -0.355. The summed E-state index contributed by atoms with van der Waals surface area (Å²) in [6.07, 6.45) is 2.00. The zero-order valence-corrected chi connectivity index (χ0v) is 11.5. The second kappa shape index (κ2) is 5.01. The van der Waals surface area contributed by atoms with Gasteiger partial charge in [0.05, 0.1) is 5.56 Å². The molecule has 1 N–H and O–H groups in total. The number of fused-ring (bicyclic) bond motifs is 1. The smallest absolute Gasteiger partial charge is 0.280 e. The molecule has 0 spiro atoms. The van der Waals surface area contributed by atoms with E-state index in [1.165, 1.54) is 11.1 Å². The normalized spacial score (nSPS) is 13.7.